The Morgan fingerprint density at radius 2 is 2.05 bits per heavy atom. The van der Waals surface area contributed by atoms with Crippen LogP contribution in [0.4, 0.5) is 5.69 Å². The van der Waals surface area contributed by atoms with Crippen LogP contribution in [0.25, 0.3) is 0 Å². The van der Waals surface area contributed by atoms with E-state index in [9.17, 15) is 8.42 Å². The van der Waals surface area contributed by atoms with Gasteiger partial charge in [-0.15, -0.1) is 0 Å². The number of anilines is 1. The highest BCUT2D eigenvalue weighted by molar-refractivity contribution is 7.89. The Balaban J connectivity index is 2.16. The summed E-state index contributed by atoms with van der Waals surface area (Å²) in [7, 11) is -3.56. The van der Waals surface area contributed by atoms with Gasteiger partial charge in [0.2, 0.25) is 10.0 Å². The van der Waals surface area contributed by atoms with Gasteiger partial charge in [0.15, 0.2) is 0 Å². The Morgan fingerprint density at radius 3 is 2.57 bits per heavy atom. The molecule has 0 spiro atoms. The van der Waals surface area contributed by atoms with Gasteiger partial charge in [0.25, 0.3) is 0 Å². The number of aryl methyl sites for hydroxylation is 1. The van der Waals surface area contributed by atoms with Crippen molar-refractivity contribution in [2.45, 2.75) is 51.2 Å². The molecule has 1 aliphatic rings. The summed E-state index contributed by atoms with van der Waals surface area (Å²) >= 11 is 0. The standard InChI is InChI=1S/C15H24N2O3S/c1-5-20-14-9-13(15(14,3)4)17-21(18,19)12-7-10(2)6-11(16)8-12/h6-8,13-14,17H,5,9,16H2,1-4H3. The van der Waals surface area contributed by atoms with E-state index in [-0.39, 0.29) is 22.5 Å². The van der Waals surface area contributed by atoms with E-state index in [1.54, 1.807) is 12.1 Å². The largest absolute Gasteiger partial charge is 0.399 e. The minimum Gasteiger partial charge on any atom is -0.399 e. The topological polar surface area (TPSA) is 81.4 Å². The Morgan fingerprint density at radius 1 is 1.38 bits per heavy atom. The number of hydrogen-bond donors (Lipinski definition) is 2. The van der Waals surface area contributed by atoms with E-state index < -0.39 is 10.0 Å². The van der Waals surface area contributed by atoms with Crippen molar-refractivity contribution in [3.63, 3.8) is 0 Å². The maximum Gasteiger partial charge on any atom is 0.240 e. The van der Waals surface area contributed by atoms with E-state index in [2.05, 4.69) is 4.72 Å². The summed E-state index contributed by atoms with van der Waals surface area (Å²) in [6, 6.07) is 4.74. The predicted molar refractivity (Wildman–Crippen MR) is 83.5 cm³/mol. The van der Waals surface area contributed by atoms with Crippen molar-refractivity contribution in [2.24, 2.45) is 5.41 Å². The second-order valence-corrected chi connectivity index (χ2v) is 7.97. The number of nitrogens with two attached hydrogens (primary N) is 1. The number of sulfonamides is 1. The Labute approximate surface area is 126 Å². The predicted octanol–water partition coefficient (Wildman–Crippen LogP) is 2.06. The highest BCUT2D eigenvalue weighted by Gasteiger charge is 2.50. The number of rotatable bonds is 5. The minimum atomic E-state index is -3.56. The molecule has 0 bridgehead atoms. The van der Waals surface area contributed by atoms with Crippen molar-refractivity contribution in [3.05, 3.63) is 23.8 Å². The van der Waals surface area contributed by atoms with Crippen LogP contribution in [0, 0.1) is 12.3 Å². The molecule has 0 saturated heterocycles. The van der Waals surface area contributed by atoms with Gasteiger partial charge in [-0.25, -0.2) is 13.1 Å². The molecule has 2 atom stereocenters. The van der Waals surface area contributed by atoms with Crippen molar-refractivity contribution in [3.8, 4) is 0 Å². The third-order valence-electron chi connectivity index (χ3n) is 4.23. The van der Waals surface area contributed by atoms with E-state index in [4.69, 9.17) is 10.5 Å². The maximum atomic E-state index is 12.5. The second-order valence-electron chi connectivity index (χ2n) is 6.25. The molecule has 0 amide bonds. The molecule has 2 unspecified atom stereocenters. The summed E-state index contributed by atoms with van der Waals surface area (Å²) in [5.74, 6) is 0. The fourth-order valence-corrected chi connectivity index (χ4v) is 4.30. The van der Waals surface area contributed by atoms with Crippen LogP contribution in [-0.2, 0) is 14.8 Å². The molecule has 1 fully saturated rings. The lowest BCUT2D eigenvalue weighted by Gasteiger charge is -2.51. The van der Waals surface area contributed by atoms with E-state index in [1.807, 2.05) is 27.7 Å². The van der Waals surface area contributed by atoms with Crippen LogP contribution >= 0.6 is 0 Å². The van der Waals surface area contributed by atoms with Crippen LogP contribution in [0.15, 0.2) is 23.1 Å². The van der Waals surface area contributed by atoms with Crippen molar-refractivity contribution in [1.82, 2.24) is 4.72 Å². The summed E-state index contributed by atoms with van der Waals surface area (Å²) < 4.78 is 33.4. The van der Waals surface area contributed by atoms with Gasteiger partial charge >= 0.3 is 0 Å². The van der Waals surface area contributed by atoms with Gasteiger partial charge in [-0.05, 0) is 44.0 Å². The zero-order valence-electron chi connectivity index (χ0n) is 13.0. The SMILES string of the molecule is CCOC1CC(NS(=O)(=O)c2cc(C)cc(N)c2)C1(C)C. The molecule has 0 aromatic heterocycles. The van der Waals surface area contributed by atoms with Gasteiger partial charge in [0.1, 0.15) is 0 Å². The molecule has 0 heterocycles. The fourth-order valence-electron chi connectivity index (χ4n) is 2.76. The van der Waals surface area contributed by atoms with Gasteiger partial charge in [-0.3, -0.25) is 0 Å². The van der Waals surface area contributed by atoms with Gasteiger partial charge in [0.05, 0.1) is 11.0 Å². The summed E-state index contributed by atoms with van der Waals surface area (Å²) in [5, 5.41) is 0. The third kappa shape index (κ3) is 3.22. The molecular formula is C15H24N2O3S. The first kappa shape index (κ1) is 16.3. The fraction of sp³-hybridized carbons (Fsp3) is 0.600. The average molecular weight is 312 g/mol. The zero-order chi connectivity index (χ0) is 15.8. The van der Waals surface area contributed by atoms with Crippen LogP contribution in [0.1, 0.15) is 32.8 Å². The lowest BCUT2D eigenvalue weighted by atomic mass is 9.65. The van der Waals surface area contributed by atoms with Gasteiger partial charge in [-0.2, -0.15) is 0 Å². The zero-order valence-corrected chi connectivity index (χ0v) is 13.8. The molecule has 0 radical (unpaired) electrons. The van der Waals surface area contributed by atoms with Crippen molar-refractivity contribution < 1.29 is 13.2 Å². The molecular weight excluding hydrogens is 288 g/mol. The van der Waals surface area contributed by atoms with E-state index in [0.717, 1.165) is 5.56 Å². The normalized spacial score (nSPS) is 24.6. The molecule has 1 aromatic carbocycles. The number of hydrogen-bond acceptors (Lipinski definition) is 4. The second kappa shape index (κ2) is 5.59. The molecule has 6 heteroatoms. The van der Waals surface area contributed by atoms with Crippen LogP contribution in [0.3, 0.4) is 0 Å². The van der Waals surface area contributed by atoms with Gasteiger partial charge in [-0.1, -0.05) is 13.8 Å². The van der Waals surface area contributed by atoms with Crippen LogP contribution < -0.4 is 10.5 Å². The Hall–Kier alpha value is -1.11. The van der Waals surface area contributed by atoms with Crippen molar-refractivity contribution >= 4 is 15.7 Å². The first-order valence-corrected chi connectivity index (χ1v) is 8.66. The van der Waals surface area contributed by atoms with Crippen LogP contribution in [0.2, 0.25) is 0 Å². The van der Waals surface area contributed by atoms with E-state index in [0.29, 0.717) is 18.7 Å². The first-order valence-electron chi connectivity index (χ1n) is 7.18. The smallest absolute Gasteiger partial charge is 0.240 e. The molecule has 0 aliphatic heterocycles. The number of nitrogens with one attached hydrogen (secondary N) is 1. The van der Waals surface area contributed by atoms with Crippen molar-refractivity contribution in [2.75, 3.05) is 12.3 Å². The third-order valence-corrected chi connectivity index (χ3v) is 5.68. The average Bonchev–Trinajstić information content (AvgIpc) is 2.36. The molecule has 5 nitrogen and oxygen atoms in total. The van der Waals surface area contributed by atoms with Crippen LogP contribution in [-0.4, -0.2) is 27.2 Å². The summed E-state index contributed by atoms with van der Waals surface area (Å²) in [6.45, 7) is 8.46. The van der Waals surface area contributed by atoms with Gasteiger partial charge < -0.3 is 10.5 Å². The monoisotopic (exact) mass is 312 g/mol. The number of benzene rings is 1. The quantitative estimate of drug-likeness (QED) is 0.815. The van der Waals surface area contributed by atoms with E-state index >= 15 is 0 Å². The first-order chi connectivity index (χ1) is 9.66. The number of ether oxygens (including phenoxy) is 1. The summed E-state index contributed by atoms with van der Waals surface area (Å²) in [5.41, 5.74) is 6.81. The highest BCUT2D eigenvalue weighted by Crippen LogP contribution is 2.43. The Bertz CT molecular complexity index is 606. The molecule has 3 N–H and O–H groups in total. The van der Waals surface area contributed by atoms with Gasteiger partial charge in [0, 0.05) is 23.8 Å². The number of nitrogen functional groups attached to an aromatic ring is 1. The maximum absolute atomic E-state index is 12.5. The summed E-state index contributed by atoms with van der Waals surface area (Å²) in [6.07, 6.45) is 0.791. The van der Waals surface area contributed by atoms with E-state index in [1.165, 1.54) is 6.07 Å². The van der Waals surface area contributed by atoms with Crippen molar-refractivity contribution in [1.29, 1.82) is 0 Å². The molecule has 2 rings (SSSR count). The lowest BCUT2D eigenvalue weighted by Crippen LogP contribution is -2.61. The molecule has 1 aromatic rings. The molecule has 21 heavy (non-hydrogen) atoms. The molecule has 118 valence electrons. The van der Waals surface area contributed by atoms with Crippen LogP contribution in [0.5, 0.6) is 0 Å². The molecule has 1 saturated carbocycles. The summed E-state index contributed by atoms with van der Waals surface area (Å²) in [4.78, 5) is 0.218. The Kier molecular flexibility index (Phi) is 4.33. The molecule has 1 aliphatic carbocycles. The highest BCUT2D eigenvalue weighted by atomic mass is 32.2. The lowest BCUT2D eigenvalue weighted by molar-refractivity contribution is -0.108. The minimum absolute atomic E-state index is 0.0952.